The summed E-state index contributed by atoms with van der Waals surface area (Å²) in [4.78, 5) is 12.3. The molecule has 22 heavy (non-hydrogen) atoms. The van der Waals surface area contributed by atoms with Crippen molar-refractivity contribution in [1.82, 2.24) is 0 Å². The van der Waals surface area contributed by atoms with Crippen LogP contribution in [0.2, 0.25) is 0 Å². The molecule has 0 unspecified atom stereocenters. The number of carbonyl (C=O) groups excluding carboxylic acids is 1. The summed E-state index contributed by atoms with van der Waals surface area (Å²) in [7, 11) is -1.69. The number of ether oxygens (including phenoxy) is 1. The van der Waals surface area contributed by atoms with Crippen molar-refractivity contribution in [2.45, 2.75) is 4.90 Å². The molecular formula is C16H17NO4S. The van der Waals surface area contributed by atoms with E-state index in [9.17, 15) is 13.2 Å². The molecule has 0 amide bonds. The number of hydrogen-bond donors (Lipinski definition) is 1. The van der Waals surface area contributed by atoms with E-state index in [0.717, 1.165) is 11.9 Å². The van der Waals surface area contributed by atoms with E-state index in [1.807, 2.05) is 18.2 Å². The number of ketones is 1. The molecule has 0 aromatic heterocycles. The Bertz CT molecular complexity index is 767. The lowest BCUT2D eigenvalue weighted by molar-refractivity contribution is 0.101. The number of carbonyl (C=O) groups is 1. The van der Waals surface area contributed by atoms with Crippen molar-refractivity contribution in [2.24, 2.45) is 0 Å². The van der Waals surface area contributed by atoms with Gasteiger partial charge in [-0.25, -0.2) is 8.42 Å². The maximum absolute atomic E-state index is 12.1. The first-order valence-corrected chi connectivity index (χ1v) is 8.51. The van der Waals surface area contributed by atoms with Gasteiger partial charge in [0.2, 0.25) is 0 Å². The molecule has 0 aliphatic carbocycles. The zero-order valence-corrected chi connectivity index (χ0v) is 13.2. The lowest BCUT2D eigenvalue weighted by atomic mass is 10.1. The molecule has 0 spiro atoms. The summed E-state index contributed by atoms with van der Waals surface area (Å²) in [5, 5.41) is 3.01. The van der Waals surface area contributed by atoms with Crippen LogP contribution in [0, 0.1) is 0 Å². The smallest absolute Gasteiger partial charge is 0.181 e. The second-order valence-electron chi connectivity index (χ2n) is 4.77. The highest BCUT2D eigenvalue weighted by atomic mass is 32.2. The summed E-state index contributed by atoms with van der Waals surface area (Å²) in [6.45, 7) is 0.0958. The number of anilines is 1. The number of nitrogens with one attached hydrogen (secondary N) is 1. The maximum atomic E-state index is 12.1. The Balaban J connectivity index is 2.06. The molecule has 0 fully saturated rings. The first-order valence-electron chi connectivity index (χ1n) is 6.62. The van der Waals surface area contributed by atoms with E-state index in [0.29, 0.717) is 11.3 Å². The summed E-state index contributed by atoms with van der Waals surface area (Å²) in [5.41, 5.74) is 1.18. The normalized spacial score (nSPS) is 11.0. The summed E-state index contributed by atoms with van der Waals surface area (Å²) in [5.74, 6) is 0.522. The van der Waals surface area contributed by atoms with Crippen molar-refractivity contribution >= 4 is 21.3 Å². The fourth-order valence-corrected chi connectivity index (χ4v) is 2.59. The predicted molar refractivity (Wildman–Crippen MR) is 85.4 cm³/mol. The highest BCUT2D eigenvalue weighted by molar-refractivity contribution is 7.90. The molecule has 0 atom stereocenters. The van der Waals surface area contributed by atoms with Gasteiger partial charge in [-0.3, -0.25) is 4.79 Å². The Kier molecular flexibility index (Phi) is 4.82. The number of sulfone groups is 1. The number of methoxy groups -OCH3 is 1. The van der Waals surface area contributed by atoms with Gasteiger partial charge in [0.1, 0.15) is 5.75 Å². The SMILES string of the molecule is COc1ccccc1NCC(=O)c1ccc(S(C)(=O)=O)cc1. The van der Waals surface area contributed by atoms with E-state index in [1.54, 1.807) is 13.2 Å². The average molecular weight is 319 g/mol. The van der Waals surface area contributed by atoms with Crippen molar-refractivity contribution in [3.63, 3.8) is 0 Å². The van der Waals surface area contributed by atoms with Gasteiger partial charge < -0.3 is 10.1 Å². The predicted octanol–water partition coefficient (Wildman–Crippen LogP) is 2.39. The topological polar surface area (TPSA) is 72.5 Å². The van der Waals surface area contributed by atoms with Crippen LogP contribution in [-0.4, -0.2) is 34.1 Å². The molecule has 0 aliphatic rings. The molecule has 0 heterocycles. The van der Waals surface area contributed by atoms with Gasteiger partial charge in [0.15, 0.2) is 15.6 Å². The number of para-hydroxylation sites is 2. The molecule has 116 valence electrons. The molecule has 6 heteroatoms. The Morgan fingerprint density at radius 2 is 1.73 bits per heavy atom. The molecular weight excluding hydrogens is 302 g/mol. The van der Waals surface area contributed by atoms with Crippen molar-refractivity contribution < 1.29 is 17.9 Å². The number of hydrogen-bond acceptors (Lipinski definition) is 5. The van der Waals surface area contributed by atoms with E-state index < -0.39 is 9.84 Å². The minimum absolute atomic E-state index is 0.0958. The summed E-state index contributed by atoms with van der Waals surface area (Å²) in [6.07, 6.45) is 1.13. The Labute approximate surface area is 129 Å². The molecule has 0 saturated carbocycles. The van der Waals surface area contributed by atoms with Crippen molar-refractivity contribution in [2.75, 3.05) is 25.2 Å². The molecule has 0 saturated heterocycles. The zero-order chi connectivity index (χ0) is 16.2. The summed E-state index contributed by atoms with van der Waals surface area (Å²) >= 11 is 0. The van der Waals surface area contributed by atoms with Gasteiger partial charge in [0.05, 0.1) is 24.2 Å². The Morgan fingerprint density at radius 1 is 1.09 bits per heavy atom. The van der Waals surface area contributed by atoms with Crippen LogP contribution in [0.5, 0.6) is 5.75 Å². The lowest BCUT2D eigenvalue weighted by Gasteiger charge is -2.10. The van der Waals surface area contributed by atoms with Crippen LogP contribution in [-0.2, 0) is 9.84 Å². The largest absolute Gasteiger partial charge is 0.495 e. The van der Waals surface area contributed by atoms with Crippen LogP contribution in [0.1, 0.15) is 10.4 Å². The number of benzene rings is 2. The van der Waals surface area contributed by atoms with Crippen LogP contribution in [0.25, 0.3) is 0 Å². The van der Waals surface area contributed by atoms with E-state index in [-0.39, 0.29) is 17.2 Å². The fraction of sp³-hybridized carbons (Fsp3) is 0.188. The second-order valence-corrected chi connectivity index (χ2v) is 6.79. The summed E-state index contributed by atoms with van der Waals surface area (Å²) in [6, 6.07) is 13.2. The quantitative estimate of drug-likeness (QED) is 0.828. The third-order valence-electron chi connectivity index (χ3n) is 3.15. The molecule has 1 N–H and O–H groups in total. The molecule has 0 aliphatic heterocycles. The highest BCUT2D eigenvalue weighted by Crippen LogP contribution is 2.22. The first kappa shape index (κ1) is 16.0. The second kappa shape index (κ2) is 6.62. The highest BCUT2D eigenvalue weighted by Gasteiger charge is 2.10. The van der Waals surface area contributed by atoms with Gasteiger partial charge in [-0.15, -0.1) is 0 Å². The molecule has 2 aromatic carbocycles. The van der Waals surface area contributed by atoms with Gasteiger partial charge >= 0.3 is 0 Å². The van der Waals surface area contributed by atoms with Crippen molar-refractivity contribution in [3.8, 4) is 5.75 Å². The molecule has 2 aromatic rings. The standard InChI is InChI=1S/C16H17NO4S/c1-21-16-6-4-3-5-14(16)17-11-15(18)12-7-9-13(10-8-12)22(2,19)20/h3-10,17H,11H2,1-2H3. The van der Waals surface area contributed by atoms with Crippen LogP contribution in [0.4, 0.5) is 5.69 Å². The van der Waals surface area contributed by atoms with Crippen LogP contribution in [0.15, 0.2) is 53.4 Å². The number of Topliss-reactive ketones (excluding diaryl/α,β-unsaturated/α-hetero) is 1. The van der Waals surface area contributed by atoms with Crippen molar-refractivity contribution in [1.29, 1.82) is 0 Å². The van der Waals surface area contributed by atoms with Crippen LogP contribution < -0.4 is 10.1 Å². The summed E-state index contributed by atoms with van der Waals surface area (Å²) < 4.78 is 28.0. The maximum Gasteiger partial charge on any atom is 0.181 e. The fourth-order valence-electron chi connectivity index (χ4n) is 1.96. The Morgan fingerprint density at radius 3 is 2.32 bits per heavy atom. The third kappa shape index (κ3) is 3.85. The molecule has 0 bridgehead atoms. The van der Waals surface area contributed by atoms with Gasteiger partial charge in [0.25, 0.3) is 0 Å². The number of rotatable bonds is 6. The van der Waals surface area contributed by atoms with E-state index in [1.165, 1.54) is 24.3 Å². The average Bonchev–Trinajstić information content (AvgIpc) is 2.52. The van der Waals surface area contributed by atoms with E-state index in [4.69, 9.17) is 4.74 Å². The minimum atomic E-state index is -3.25. The minimum Gasteiger partial charge on any atom is -0.495 e. The van der Waals surface area contributed by atoms with E-state index >= 15 is 0 Å². The monoisotopic (exact) mass is 319 g/mol. The van der Waals surface area contributed by atoms with Gasteiger partial charge in [-0.2, -0.15) is 0 Å². The van der Waals surface area contributed by atoms with E-state index in [2.05, 4.69) is 5.32 Å². The van der Waals surface area contributed by atoms with Crippen LogP contribution >= 0.6 is 0 Å². The molecule has 5 nitrogen and oxygen atoms in total. The lowest BCUT2D eigenvalue weighted by Crippen LogP contribution is -2.14. The zero-order valence-electron chi connectivity index (χ0n) is 12.4. The van der Waals surface area contributed by atoms with Crippen molar-refractivity contribution in [3.05, 3.63) is 54.1 Å². The van der Waals surface area contributed by atoms with Crippen LogP contribution in [0.3, 0.4) is 0 Å². The van der Waals surface area contributed by atoms with Gasteiger partial charge in [-0.1, -0.05) is 24.3 Å². The third-order valence-corrected chi connectivity index (χ3v) is 4.28. The molecule has 0 radical (unpaired) electrons. The molecule has 2 rings (SSSR count). The first-order chi connectivity index (χ1) is 10.4. The van der Waals surface area contributed by atoms with Gasteiger partial charge in [-0.05, 0) is 24.3 Å². The van der Waals surface area contributed by atoms with Gasteiger partial charge in [0, 0.05) is 11.8 Å². The Hall–Kier alpha value is -2.34.